The molecule has 3 aliphatic rings. The van der Waals surface area contributed by atoms with Crippen molar-refractivity contribution in [2.45, 2.75) is 89.3 Å². The largest absolute Gasteiger partial charge is 0.480 e. The van der Waals surface area contributed by atoms with E-state index in [9.17, 15) is 9.90 Å². The van der Waals surface area contributed by atoms with Crippen molar-refractivity contribution >= 4 is 5.97 Å². The number of likely N-dealkylation sites (tertiary alicyclic amines) is 1. The number of piperidine rings is 1. The maximum absolute atomic E-state index is 11.7. The number of carboxylic acid groups (broad SMARTS) is 1. The van der Waals surface area contributed by atoms with E-state index in [4.69, 9.17) is 0 Å². The molecule has 0 bridgehead atoms. The Hall–Kier alpha value is -0.570. The SMILES string of the molecule is CC1CCCCC1N1C(C(=O)O)CCC2CCCCC21. The summed E-state index contributed by atoms with van der Waals surface area (Å²) in [6.07, 6.45) is 12.3. The van der Waals surface area contributed by atoms with Crippen LogP contribution in [0.5, 0.6) is 0 Å². The zero-order chi connectivity index (χ0) is 14.1. The number of hydrogen-bond acceptors (Lipinski definition) is 2. The van der Waals surface area contributed by atoms with Gasteiger partial charge >= 0.3 is 5.97 Å². The third kappa shape index (κ3) is 2.61. The molecule has 0 aromatic carbocycles. The molecule has 114 valence electrons. The fourth-order valence-electron chi connectivity index (χ4n) is 5.14. The minimum absolute atomic E-state index is 0.208. The standard InChI is InChI=1S/C17H29NO2/c1-12-6-2-4-8-14(12)18-15-9-5-3-7-13(15)10-11-16(18)17(19)20/h12-16H,2-11H2,1H3,(H,19,20). The van der Waals surface area contributed by atoms with Gasteiger partial charge in [0, 0.05) is 12.1 Å². The molecule has 0 aromatic rings. The Kier molecular flexibility index (Phi) is 4.34. The van der Waals surface area contributed by atoms with Crippen LogP contribution < -0.4 is 0 Å². The average Bonchev–Trinajstić information content (AvgIpc) is 2.46. The first-order chi connectivity index (χ1) is 9.68. The zero-order valence-corrected chi connectivity index (χ0v) is 12.8. The maximum atomic E-state index is 11.7. The Morgan fingerprint density at radius 2 is 1.55 bits per heavy atom. The van der Waals surface area contributed by atoms with Gasteiger partial charge in [0.05, 0.1) is 0 Å². The first-order valence-corrected chi connectivity index (χ1v) is 8.68. The van der Waals surface area contributed by atoms with Crippen molar-refractivity contribution in [3.8, 4) is 0 Å². The van der Waals surface area contributed by atoms with Gasteiger partial charge in [-0.1, -0.05) is 32.6 Å². The molecule has 3 fully saturated rings. The molecule has 3 heteroatoms. The topological polar surface area (TPSA) is 40.5 Å². The maximum Gasteiger partial charge on any atom is 0.320 e. The summed E-state index contributed by atoms with van der Waals surface area (Å²) in [6, 6.07) is 0.875. The summed E-state index contributed by atoms with van der Waals surface area (Å²) in [5, 5.41) is 9.67. The first kappa shape index (κ1) is 14.4. The van der Waals surface area contributed by atoms with Crippen LogP contribution >= 0.6 is 0 Å². The van der Waals surface area contributed by atoms with Gasteiger partial charge in [-0.25, -0.2) is 0 Å². The second-order valence-corrected chi connectivity index (χ2v) is 7.32. The average molecular weight is 279 g/mol. The summed E-state index contributed by atoms with van der Waals surface area (Å²) in [5.41, 5.74) is 0. The summed E-state index contributed by atoms with van der Waals surface area (Å²) in [6.45, 7) is 2.34. The van der Waals surface area contributed by atoms with Crippen molar-refractivity contribution in [2.24, 2.45) is 11.8 Å². The number of aliphatic carboxylic acids is 1. The van der Waals surface area contributed by atoms with Crippen molar-refractivity contribution in [2.75, 3.05) is 0 Å². The summed E-state index contributed by atoms with van der Waals surface area (Å²) in [4.78, 5) is 14.2. The number of carbonyl (C=O) groups is 1. The fourth-order valence-corrected chi connectivity index (χ4v) is 5.14. The molecule has 2 aliphatic carbocycles. The van der Waals surface area contributed by atoms with E-state index in [-0.39, 0.29) is 6.04 Å². The molecule has 5 atom stereocenters. The van der Waals surface area contributed by atoms with E-state index in [1.54, 1.807) is 0 Å². The van der Waals surface area contributed by atoms with E-state index in [1.807, 2.05) is 0 Å². The third-order valence-electron chi connectivity index (χ3n) is 6.16. The first-order valence-electron chi connectivity index (χ1n) is 8.68. The number of fused-ring (bicyclic) bond motifs is 1. The van der Waals surface area contributed by atoms with Gasteiger partial charge in [0.15, 0.2) is 0 Å². The predicted octanol–water partition coefficient (Wildman–Crippen LogP) is 3.67. The summed E-state index contributed by atoms with van der Waals surface area (Å²) >= 11 is 0. The minimum atomic E-state index is -0.577. The Morgan fingerprint density at radius 3 is 2.25 bits per heavy atom. The van der Waals surface area contributed by atoms with Gasteiger partial charge in [0.2, 0.25) is 0 Å². The van der Waals surface area contributed by atoms with Crippen LogP contribution in [0.3, 0.4) is 0 Å². The third-order valence-corrected chi connectivity index (χ3v) is 6.16. The highest BCUT2D eigenvalue weighted by atomic mass is 16.4. The van der Waals surface area contributed by atoms with Crippen LogP contribution in [0.1, 0.15) is 71.1 Å². The highest BCUT2D eigenvalue weighted by Crippen LogP contribution is 2.42. The van der Waals surface area contributed by atoms with E-state index in [2.05, 4.69) is 11.8 Å². The molecular weight excluding hydrogens is 250 g/mol. The van der Waals surface area contributed by atoms with E-state index in [1.165, 1.54) is 51.4 Å². The van der Waals surface area contributed by atoms with E-state index in [0.29, 0.717) is 18.0 Å². The van der Waals surface area contributed by atoms with Crippen molar-refractivity contribution in [1.29, 1.82) is 0 Å². The molecular formula is C17H29NO2. The van der Waals surface area contributed by atoms with Crippen LogP contribution in [0, 0.1) is 11.8 Å². The van der Waals surface area contributed by atoms with Crippen LogP contribution in [0.2, 0.25) is 0 Å². The second kappa shape index (κ2) is 6.05. The molecule has 0 spiro atoms. The smallest absolute Gasteiger partial charge is 0.320 e. The molecule has 0 aromatic heterocycles. The van der Waals surface area contributed by atoms with Gasteiger partial charge in [0.25, 0.3) is 0 Å². The second-order valence-electron chi connectivity index (χ2n) is 7.32. The van der Waals surface area contributed by atoms with Crippen LogP contribution in [0.4, 0.5) is 0 Å². The molecule has 2 saturated carbocycles. The summed E-state index contributed by atoms with van der Waals surface area (Å²) in [5.74, 6) is 0.867. The van der Waals surface area contributed by atoms with Crippen LogP contribution in [0.25, 0.3) is 0 Å². The van der Waals surface area contributed by atoms with Crippen LogP contribution in [0.15, 0.2) is 0 Å². The van der Waals surface area contributed by atoms with E-state index < -0.39 is 5.97 Å². The Morgan fingerprint density at radius 1 is 0.900 bits per heavy atom. The van der Waals surface area contributed by atoms with Gasteiger partial charge in [-0.15, -0.1) is 0 Å². The number of rotatable bonds is 2. The predicted molar refractivity (Wildman–Crippen MR) is 79.7 cm³/mol. The van der Waals surface area contributed by atoms with Crippen molar-refractivity contribution in [3.05, 3.63) is 0 Å². The molecule has 20 heavy (non-hydrogen) atoms. The number of hydrogen-bond donors (Lipinski definition) is 1. The summed E-state index contributed by atoms with van der Waals surface area (Å²) < 4.78 is 0. The molecule has 1 saturated heterocycles. The normalized spacial score (nSPS) is 43.0. The monoisotopic (exact) mass is 279 g/mol. The van der Waals surface area contributed by atoms with Crippen LogP contribution in [-0.4, -0.2) is 34.1 Å². The van der Waals surface area contributed by atoms with Gasteiger partial charge in [0.1, 0.15) is 6.04 Å². The van der Waals surface area contributed by atoms with Crippen LogP contribution in [-0.2, 0) is 4.79 Å². The van der Waals surface area contributed by atoms with Gasteiger partial charge in [-0.2, -0.15) is 0 Å². The highest BCUT2D eigenvalue weighted by molar-refractivity contribution is 5.73. The molecule has 1 N–H and O–H groups in total. The van der Waals surface area contributed by atoms with E-state index >= 15 is 0 Å². The van der Waals surface area contributed by atoms with Crippen molar-refractivity contribution in [1.82, 2.24) is 4.90 Å². The Bertz CT molecular complexity index is 351. The number of nitrogens with zero attached hydrogens (tertiary/aromatic N) is 1. The summed E-state index contributed by atoms with van der Waals surface area (Å²) in [7, 11) is 0. The lowest BCUT2D eigenvalue weighted by Crippen LogP contribution is -2.60. The molecule has 0 amide bonds. The van der Waals surface area contributed by atoms with Crippen molar-refractivity contribution < 1.29 is 9.90 Å². The lowest BCUT2D eigenvalue weighted by Gasteiger charge is -2.53. The fraction of sp³-hybridized carbons (Fsp3) is 0.941. The Labute approximate surface area is 122 Å². The molecule has 1 heterocycles. The lowest BCUT2D eigenvalue weighted by atomic mass is 9.73. The molecule has 1 aliphatic heterocycles. The molecule has 3 rings (SSSR count). The molecule has 0 radical (unpaired) electrons. The Balaban J connectivity index is 1.84. The van der Waals surface area contributed by atoms with Crippen molar-refractivity contribution in [3.63, 3.8) is 0 Å². The van der Waals surface area contributed by atoms with Gasteiger partial charge < -0.3 is 5.11 Å². The lowest BCUT2D eigenvalue weighted by molar-refractivity contribution is -0.152. The van der Waals surface area contributed by atoms with Gasteiger partial charge in [-0.05, 0) is 50.4 Å². The molecule has 3 nitrogen and oxygen atoms in total. The van der Waals surface area contributed by atoms with Gasteiger partial charge in [-0.3, -0.25) is 9.69 Å². The number of carboxylic acids is 1. The molecule has 5 unspecified atom stereocenters. The van der Waals surface area contributed by atoms with E-state index in [0.717, 1.165) is 18.8 Å². The zero-order valence-electron chi connectivity index (χ0n) is 12.8. The minimum Gasteiger partial charge on any atom is -0.480 e. The quantitative estimate of drug-likeness (QED) is 0.838. The highest BCUT2D eigenvalue weighted by Gasteiger charge is 2.45.